The van der Waals surface area contributed by atoms with Gasteiger partial charge in [0.05, 0.1) is 6.54 Å². The summed E-state index contributed by atoms with van der Waals surface area (Å²) in [6.45, 7) is 1.46. The zero-order valence-electron chi connectivity index (χ0n) is 11.6. The molecule has 0 radical (unpaired) electrons. The number of furan rings is 1. The molecule has 0 aliphatic rings. The van der Waals surface area contributed by atoms with Crippen molar-refractivity contribution in [2.75, 3.05) is 0 Å². The minimum Gasteiger partial charge on any atom is -0.460 e. The van der Waals surface area contributed by atoms with Gasteiger partial charge in [0.15, 0.2) is 0 Å². The summed E-state index contributed by atoms with van der Waals surface area (Å²) in [4.78, 5) is 0. The number of rotatable bonds is 5. The predicted molar refractivity (Wildman–Crippen MR) is 81.1 cm³/mol. The molecule has 0 amide bonds. The van der Waals surface area contributed by atoms with E-state index in [0.717, 1.165) is 23.6 Å². The van der Waals surface area contributed by atoms with Crippen molar-refractivity contribution in [2.24, 2.45) is 0 Å². The predicted octanol–water partition coefficient (Wildman–Crippen LogP) is 4.38. The Morgan fingerprint density at radius 2 is 1.57 bits per heavy atom. The Morgan fingerprint density at radius 1 is 0.810 bits per heavy atom. The highest BCUT2D eigenvalue weighted by molar-refractivity contribution is 5.57. The first-order valence-electron chi connectivity index (χ1n) is 6.90. The molecule has 3 aromatic rings. The molecular weight excluding hydrogens is 265 g/mol. The van der Waals surface area contributed by atoms with Crippen LogP contribution in [0.3, 0.4) is 0 Å². The van der Waals surface area contributed by atoms with Gasteiger partial charge in [-0.3, -0.25) is 0 Å². The van der Waals surface area contributed by atoms with Gasteiger partial charge in [0.25, 0.3) is 0 Å². The van der Waals surface area contributed by atoms with E-state index in [0.29, 0.717) is 6.54 Å². The van der Waals surface area contributed by atoms with Crippen LogP contribution in [0, 0.1) is 5.82 Å². The Labute approximate surface area is 123 Å². The molecule has 2 nitrogen and oxygen atoms in total. The third-order valence-corrected chi connectivity index (χ3v) is 3.26. The fraction of sp³-hybridized carbons (Fsp3) is 0.111. The Hall–Kier alpha value is -2.39. The molecule has 3 rings (SSSR count). The molecule has 1 heterocycles. The van der Waals surface area contributed by atoms with Crippen LogP contribution in [0.2, 0.25) is 0 Å². The zero-order valence-corrected chi connectivity index (χ0v) is 11.6. The van der Waals surface area contributed by atoms with E-state index >= 15 is 0 Å². The molecular formula is C18H16FNO. The van der Waals surface area contributed by atoms with Gasteiger partial charge < -0.3 is 9.73 Å². The lowest BCUT2D eigenvalue weighted by molar-refractivity contribution is 0.493. The Bertz CT molecular complexity index is 689. The quantitative estimate of drug-likeness (QED) is 0.751. The number of nitrogens with one attached hydrogen (secondary N) is 1. The highest BCUT2D eigenvalue weighted by Crippen LogP contribution is 2.22. The third-order valence-electron chi connectivity index (χ3n) is 3.26. The molecule has 0 fully saturated rings. The number of hydrogen-bond donors (Lipinski definition) is 1. The molecule has 3 heteroatoms. The lowest BCUT2D eigenvalue weighted by atomic mass is 10.2. The maximum atomic E-state index is 12.9. The molecule has 0 aliphatic heterocycles. The van der Waals surface area contributed by atoms with Crippen molar-refractivity contribution in [3.05, 3.63) is 83.9 Å². The summed E-state index contributed by atoms with van der Waals surface area (Å²) in [5.74, 6) is 1.38. The van der Waals surface area contributed by atoms with Gasteiger partial charge in [0, 0.05) is 12.1 Å². The number of benzene rings is 2. The lowest BCUT2D eigenvalue weighted by Gasteiger charge is -2.02. The van der Waals surface area contributed by atoms with Crippen LogP contribution in [0.5, 0.6) is 0 Å². The van der Waals surface area contributed by atoms with Gasteiger partial charge in [0.2, 0.25) is 0 Å². The normalized spacial score (nSPS) is 10.7. The van der Waals surface area contributed by atoms with Crippen LogP contribution in [-0.2, 0) is 13.1 Å². The first-order chi connectivity index (χ1) is 10.3. The second-order valence-electron chi connectivity index (χ2n) is 4.86. The summed E-state index contributed by atoms with van der Waals surface area (Å²) in [7, 11) is 0. The summed E-state index contributed by atoms with van der Waals surface area (Å²) in [5, 5.41) is 3.34. The molecule has 0 aliphatic carbocycles. The number of hydrogen-bond acceptors (Lipinski definition) is 2. The van der Waals surface area contributed by atoms with Crippen molar-refractivity contribution in [1.29, 1.82) is 0 Å². The molecule has 21 heavy (non-hydrogen) atoms. The van der Waals surface area contributed by atoms with Crippen LogP contribution in [0.15, 0.2) is 71.1 Å². The molecule has 0 saturated heterocycles. The summed E-state index contributed by atoms with van der Waals surface area (Å²) in [6.07, 6.45) is 0. The van der Waals surface area contributed by atoms with Crippen LogP contribution < -0.4 is 5.32 Å². The fourth-order valence-corrected chi connectivity index (χ4v) is 2.17. The Morgan fingerprint density at radius 3 is 2.33 bits per heavy atom. The van der Waals surface area contributed by atoms with E-state index in [1.165, 1.54) is 17.7 Å². The molecule has 0 bridgehead atoms. The summed E-state index contributed by atoms with van der Waals surface area (Å²) >= 11 is 0. The zero-order chi connectivity index (χ0) is 14.5. The second-order valence-corrected chi connectivity index (χ2v) is 4.86. The van der Waals surface area contributed by atoms with Gasteiger partial charge in [-0.15, -0.1) is 0 Å². The van der Waals surface area contributed by atoms with E-state index in [-0.39, 0.29) is 5.82 Å². The molecule has 0 spiro atoms. The van der Waals surface area contributed by atoms with Gasteiger partial charge in [0.1, 0.15) is 17.3 Å². The largest absolute Gasteiger partial charge is 0.460 e. The average Bonchev–Trinajstić information content (AvgIpc) is 2.98. The average molecular weight is 281 g/mol. The molecule has 1 aromatic heterocycles. The van der Waals surface area contributed by atoms with Crippen LogP contribution in [0.1, 0.15) is 11.3 Å². The van der Waals surface area contributed by atoms with Crippen molar-refractivity contribution >= 4 is 0 Å². The van der Waals surface area contributed by atoms with Crippen LogP contribution in [0.25, 0.3) is 11.3 Å². The smallest absolute Gasteiger partial charge is 0.134 e. The molecule has 0 unspecified atom stereocenters. The van der Waals surface area contributed by atoms with Crippen molar-refractivity contribution in [2.45, 2.75) is 13.1 Å². The van der Waals surface area contributed by atoms with Crippen molar-refractivity contribution in [3.63, 3.8) is 0 Å². The first-order valence-corrected chi connectivity index (χ1v) is 6.90. The molecule has 2 aromatic carbocycles. The maximum Gasteiger partial charge on any atom is 0.134 e. The van der Waals surface area contributed by atoms with Crippen LogP contribution in [-0.4, -0.2) is 0 Å². The molecule has 1 N–H and O–H groups in total. The molecule has 0 saturated carbocycles. The standard InChI is InChI=1S/C18H16FNO/c19-16-8-6-15(7-9-16)18-11-10-17(21-18)13-20-12-14-4-2-1-3-5-14/h1-11,20H,12-13H2. The number of halogens is 1. The minimum atomic E-state index is -0.241. The summed E-state index contributed by atoms with van der Waals surface area (Å²) in [5.41, 5.74) is 2.12. The van der Waals surface area contributed by atoms with E-state index in [4.69, 9.17) is 4.42 Å². The maximum absolute atomic E-state index is 12.9. The summed E-state index contributed by atoms with van der Waals surface area (Å²) in [6, 6.07) is 20.4. The highest BCUT2D eigenvalue weighted by atomic mass is 19.1. The topological polar surface area (TPSA) is 25.2 Å². The van der Waals surface area contributed by atoms with Gasteiger partial charge >= 0.3 is 0 Å². The van der Waals surface area contributed by atoms with E-state index in [2.05, 4.69) is 17.4 Å². The SMILES string of the molecule is Fc1ccc(-c2ccc(CNCc3ccccc3)o2)cc1. The van der Waals surface area contributed by atoms with Gasteiger partial charge in [-0.05, 0) is 42.0 Å². The van der Waals surface area contributed by atoms with E-state index in [1.54, 1.807) is 12.1 Å². The summed E-state index contributed by atoms with van der Waals surface area (Å²) < 4.78 is 18.7. The van der Waals surface area contributed by atoms with Crippen molar-refractivity contribution in [3.8, 4) is 11.3 Å². The Kier molecular flexibility index (Phi) is 4.12. The second kappa shape index (κ2) is 6.37. The third kappa shape index (κ3) is 3.58. The molecule has 0 atom stereocenters. The van der Waals surface area contributed by atoms with E-state index < -0.39 is 0 Å². The molecule has 106 valence electrons. The van der Waals surface area contributed by atoms with Crippen LogP contribution in [0.4, 0.5) is 4.39 Å². The Balaban J connectivity index is 1.59. The monoisotopic (exact) mass is 281 g/mol. The van der Waals surface area contributed by atoms with E-state index in [9.17, 15) is 4.39 Å². The van der Waals surface area contributed by atoms with E-state index in [1.807, 2.05) is 30.3 Å². The lowest BCUT2D eigenvalue weighted by Crippen LogP contribution is -2.11. The van der Waals surface area contributed by atoms with Gasteiger partial charge in [-0.1, -0.05) is 30.3 Å². The first kappa shape index (κ1) is 13.6. The van der Waals surface area contributed by atoms with Crippen LogP contribution >= 0.6 is 0 Å². The van der Waals surface area contributed by atoms with Gasteiger partial charge in [-0.25, -0.2) is 4.39 Å². The fourth-order valence-electron chi connectivity index (χ4n) is 2.17. The van der Waals surface area contributed by atoms with Crippen molar-refractivity contribution < 1.29 is 8.81 Å². The minimum absolute atomic E-state index is 0.241. The highest BCUT2D eigenvalue weighted by Gasteiger charge is 2.04. The van der Waals surface area contributed by atoms with Gasteiger partial charge in [-0.2, -0.15) is 0 Å². The van der Waals surface area contributed by atoms with Crippen molar-refractivity contribution in [1.82, 2.24) is 5.32 Å².